The van der Waals surface area contributed by atoms with Crippen molar-refractivity contribution in [2.75, 3.05) is 4.31 Å². The molecule has 0 bridgehead atoms. The second-order valence-electron chi connectivity index (χ2n) is 6.19. The van der Waals surface area contributed by atoms with Gasteiger partial charge in [0.05, 0.1) is 10.6 Å². The van der Waals surface area contributed by atoms with Crippen molar-refractivity contribution in [3.8, 4) is 0 Å². The molecule has 1 aliphatic rings. The van der Waals surface area contributed by atoms with E-state index in [0.29, 0.717) is 16.8 Å². The maximum absolute atomic E-state index is 13.7. The summed E-state index contributed by atoms with van der Waals surface area (Å²) in [5.41, 5.74) is 2.70. The van der Waals surface area contributed by atoms with Gasteiger partial charge < -0.3 is 0 Å². The minimum absolute atomic E-state index is 0.263. The van der Waals surface area contributed by atoms with Crippen LogP contribution in [0.15, 0.2) is 76.6 Å². The van der Waals surface area contributed by atoms with Gasteiger partial charge in [0.15, 0.2) is 0 Å². The first kappa shape index (κ1) is 16.5. The van der Waals surface area contributed by atoms with E-state index in [9.17, 15) is 8.42 Å². The molecule has 5 nitrogen and oxygen atoms in total. The lowest BCUT2D eigenvalue weighted by molar-refractivity contribution is 0.595. The standard InChI is InChI=1S/C20H17N3O2S/c1-14-10-21-13-17-7-5-9-19(20(14)17)26(24,25)23-15(2)11-22-12-16-6-3-4-8-18(16)23/h3-13H,1-2H3. The molecule has 130 valence electrons. The molecule has 2 heterocycles. The Labute approximate surface area is 152 Å². The van der Waals surface area contributed by atoms with Crippen molar-refractivity contribution in [3.05, 3.63) is 77.9 Å². The zero-order valence-electron chi connectivity index (χ0n) is 14.4. The van der Waals surface area contributed by atoms with Crippen molar-refractivity contribution in [1.29, 1.82) is 0 Å². The van der Waals surface area contributed by atoms with Gasteiger partial charge in [-0.1, -0.05) is 30.3 Å². The highest BCUT2D eigenvalue weighted by Gasteiger charge is 2.30. The maximum atomic E-state index is 13.7. The lowest BCUT2D eigenvalue weighted by Crippen LogP contribution is -2.30. The molecule has 26 heavy (non-hydrogen) atoms. The van der Waals surface area contributed by atoms with Crippen molar-refractivity contribution >= 4 is 32.7 Å². The van der Waals surface area contributed by atoms with E-state index in [2.05, 4.69) is 9.98 Å². The number of aryl methyl sites for hydroxylation is 1. The SMILES string of the molecule is CC1=CN=Cc2ccccc2N1S(=O)(=O)c1cccc2cncc(C)c12. The van der Waals surface area contributed by atoms with Crippen LogP contribution < -0.4 is 4.31 Å². The van der Waals surface area contributed by atoms with Crippen molar-refractivity contribution in [2.45, 2.75) is 18.7 Å². The Kier molecular flexibility index (Phi) is 3.85. The van der Waals surface area contributed by atoms with Crippen LogP contribution in [0.1, 0.15) is 18.1 Å². The third-order valence-corrected chi connectivity index (χ3v) is 6.27. The number of nitrogens with zero attached hydrogens (tertiary/aromatic N) is 3. The first-order valence-corrected chi connectivity index (χ1v) is 9.62. The van der Waals surface area contributed by atoms with Crippen LogP contribution in [0, 0.1) is 6.92 Å². The number of pyridine rings is 1. The van der Waals surface area contributed by atoms with Gasteiger partial charge in [-0.25, -0.2) is 12.7 Å². The Balaban J connectivity index is 2.02. The van der Waals surface area contributed by atoms with Crippen molar-refractivity contribution < 1.29 is 8.42 Å². The molecule has 2 aromatic carbocycles. The molecule has 0 spiro atoms. The summed E-state index contributed by atoms with van der Waals surface area (Å²) in [5, 5.41) is 1.49. The molecule has 0 saturated heterocycles. The molecule has 0 aliphatic carbocycles. The van der Waals surface area contributed by atoms with Gasteiger partial charge in [0.25, 0.3) is 10.0 Å². The largest absolute Gasteiger partial charge is 0.269 e. The maximum Gasteiger partial charge on any atom is 0.269 e. The Morgan fingerprint density at radius 2 is 1.77 bits per heavy atom. The predicted molar refractivity (Wildman–Crippen MR) is 104 cm³/mol. The third-order valence-electron chi connectivity index (χ3n) is 4.40. The number of allylic oxidation sites excluding steroid dienone is 1. The molecule has 0 N–H and O–H groups in total. The Hall–Kier alpha value is -2.99. The summed E-state index contributed by atoms with van der Waals surface area (Å²) in [6.07, 6.45) is 6.61. The summed E-state index contributed by atoms with van der Waals surface area (Å²) in [4.78, 5) is 8.66. The number of rotatable bonds is 2. The van der Waals surface area contributed by atoms with E-state index >= 15 is 0 Å². The summed E-state index contributed by atoms with van der Waals surface area (Å²) in [5.74, 6) is 0. The molecular formula is C20H17N3O2S. The van der Waals surface area contributed by atoms with Crippen LogP contribution in [0.3, 0.4) is 0 Å². The molecule has 0 atom stereocenters. The molecule has 0 saturated carbocycles. The summed E-state index contributed by atoms with van der Waals surface area (Å²) in [7, 11) is -3.84. The van der Waals surface area contributed by atoms with Gasteiger partial charge in [0, 0.05) is 46.8 Å². The van der Waals surface area contributed by atoms with Gasteiger partial charge >= 0.3 is 0 Å². The number of fused-ring (bicyclic) bond motifs is 2. The van der Waals surface area contributed by atoms with Gasteiger partial charge in [-0.3, -0.25) is 9.98 Å². The van der Waals surface area contributed by atoms with Crippen LogP contribution in [-0.4, -0.2) is 19.6 Å². The average Bonchev–Trinajstić information content (AvgIpc) is 2.80. The summed E-state index contributed by atoms with van der Waals surface area (Å²) < 4.78 is 28.7. The highest BCUT2D eigenvalue weighted by atomic mass is 32.2. The first-order chi connectivity index (χ1) is 12.5. The monoisotopic (exact) mass is 363 g/mol. The van der Waals surface area contributed by atoms with E-state index < -0.39 is 10.0 Å². The average molecular weight is 363 g/mol. The number of hydrogen-bond acceptors (Lipinski definition) is 4. The van der Waals surface area contributed by atoms with Gasteiger partial charge in [0.1, 0.15) is 0 Å². The van der Waals surface area contributed by atoms with Crippen LogP contribution in [0.5, 0.6) is 0 Å². The van der Waals surface area contributed by atoms with Crippen molar-refractivity contribution in [3.63, 3.8) is 0 Å². The molecule has 4 rings (SSSR count). The first-order valence-electron chi connectivity index (χ1n) is 8.18. The lowest BCUT2D eigenvalue weighted by Gasteiger charge is -2.26. The molecular weight excluding hydrogens is 346 g/mol. The molecule has 0 unspecified atom stereocenters. The minimum atomic E-state index is -3.84. The van der Waals surface area contributed by atoms with E-state index in [-0.39, 0.29) is 4.90 Å². The third kappa shape index (κ3) is 2.50. The molecule has 1 aromatic heterocycles. The van der Waals surface area contributed by atoms with Gasteiger partial charge in [-0.15, -0.1) is 0 Å². The highest BCUT2D eigenvalue weighted by molar-refractivity contribution is 7.93. The summed E-state index contributed by atoms with van der Waals surface area (Å²) >= 11 is 0. The minimum Gasteiger partial charge on any atom is -0.264 e. The fourth-order valence-corrected chi connectivity index (χ4v) is 5.09. The van der Waals surface area contributed by atoms with Crippen molar-refractivity contribution in [1.82, 2.24) is 4.98 Å². The quantitative estimate of drug-likeness (QED) is 0.690. The van der Waals surface area contributed by atoms with E-state index in [4.69, 9.17) is 0 Å². The fraction of sp³-hybridized carbons (Fsp3) is 0.100. The molecule has 0 amide bonds. The number of sulfonamides is 1. The second kappa shape index (κ2) is 6.07. The Bertz CT molecular complexity index is 1180. The van der Waals surface area contributed by atoms with Crippen LogP contribution in [-0.2, 0) is 10.0 Å². The second-order valence-corrected chi connectivity index (χ2v) is 7.94. The summed E-state index contributed by atoms with van der Waals surface area (Å²) in [6.45, 7) is 3.62. The zero-order chi connectivity index (χ0) is 18.3. The van der Waals surface area contributed by atoms with Gasteiger partial charge in [-0.2, -0.15) is 0 Å². The van der Waals surface area contributed by atoms with Gasteiger partial charge in [-0.05, 0) is 31.5 Å². The van der Waals surface area contributed by atoms with Crippen molar-refractivity contribution in [2.24, 2.45) is 4.99 Å². The molecule has 6 heteroatoms. The number of aromatic nitrogens is 1. The smallest absolute Gasteiger partial charge is 0.264 e. The number of hydrogen-bond donors (Lipinski definition) is 0. The van der Waals surface area contributed by atoms with Crippen LogP contribution in [0.2, 0.25) is 0 Å². The number of benzene rings is 2. The van der Waals surface area contributed by atoms with Crippen LogP contribution in [0.4, 0.5) is 5.69 Å². The predicted octanol–water partition coefficient (Wildman–Crippen LogP) is 4.03. The number of anilines is 1. The molecule has 1 aliphatic heterocycles. The Morgan fingerprint density at radius 1 is 0.962 bits per heavy atom. The lowest BCUT2D eigenvalue weighted by atomic mass is 10.1. The zero-order valence-corrected chi connectivity index (χ0v) is 15.2. The number of para-hydroxylation sites is 1. The Morgan fingerprint density at radius 3 is 2.62 bits per heavy atom. The number of aliphatic imine (C=N–C) groups is 1. The molecule has 0 radical (unpaired) electrons. The van der Waals surface area contributed by atoms with E-state index in [1.165, 1.54) is 4.31 Å². The van der Waals surface area contributed by atoms with E-state index in [1.807, 2.05) is 31.2 Å². The molecule has 0 fully saturated rings. The topological polar surface area (TPSA) is 62.6 Å². The summed E-state index contributed by atoms with van der Waals surface area (Å²) in [6, 6.07) is 12.6. The highest BCUT2D eigenvalue weighted by Crippen LogP contribution is 2.35. The molecule has 3 aromatic rings. The van der Waals surface area contributed by atoms with Crippen LogP contribution >= 0.6 is 0 Å². The van der Waals surface area contributed by atoms with Gasteiger partial charge in [0.2, 0.25) is 0 Å². The van der Waals surface area contributed by atoms with E-state index in [0.717, 1.165) is 16.5 Å². The normalized spacial score (nSPS) is 14.1. The fourth-order valence-electron chi connectivity index (χ4n) is 3.25. The van der Waals surface area contributed by atoms with E-state index in [1.54, 1.807) is 49.9 Å². The van der Waals surface area contributed by atoms with Crippen LogP contribution in [0.25, 0.3) is 10.8 Å².